The van der Waals surface area contributed by atoms with Crippen LogP contribution in [0.3, 0.4) is 0 Å². The van der Waals surface area contributed by atoms with E-state index in [2.05, 4.69) is 11.6 Å². The van der Waals surface area contributed by atoms with E-state index >= 15 is 0 Å². The van der Waals surface area contributed by atoms with Crippen molar-refractivity contribution in [3.05, 3.63) is 0 Å². The Hall–Kier alpha value is 2.79. The Kier molecular flexibility index (Phi) is 21.9. The van der Waals surface area contributed by atoms with E-state index in [9.17, 15) is 0 Å². The predicted octanol–water partition coefficient (Wildman–Crippen LogP) is 3.02. The minimum atomic E-state index is -2.18. The molecule has 0 N–H and O–H groups in total. The third-order valence-corrected chi connectivity index (χ3v) is 4.37. The maximum atomic E-state index is 5.01. The van der Waals surface area contributed by atoms with Crippen LogP contribution in [-0.4, -0.2) is 48.1 Å². The fraction of sp³-hybridized carbons (Fsp3) is 1.00. The third-order valence-electron chi connectivity index (χ3n) is 0.492. The molecule has 0 aliphatic carbocycles. The van der Waals surface area contributed by atoms with Crippen molar-refractivity contribution in [2.75, 3.05) is 0 Å². The molecule has 0 spiro atoms. The van der Waals surface area contributed by atoms with E-state index in [0.29, 0.717) is 0 Å². The quantitative estimate of drug-likeness (QED) is 0.388. The van der Waals surface area contributed by atoms with Gasteiger partial charge in [0.15, 0.2) is 0 Å². The van der Waals surface area contributed by atoms with Crippen LogP contribution in [0.15, 0.2) is 0 Å². The Morgan fingerprint density at radius 3 is 1.30 bits per heavy atom. The van der Waals surface area contributed by atoms with Crippen LogP contribution in [0.1, 0.15) is 0 Å². The van der Waals surface area contributed by atoms with Crippen LogP contribution < -0.4 is 0 Å². The molecule has 0 bridgehead atoms. The average molecular weight is 531 g/mol. The minimum absolute atomic E-state index is 0.942. The van der Waals surface area contributed by atoms with Crippen molar-refractivity contribution in [2.24, 2.45) is 0 Å². The molecule has 0 aromatic rings. The van der Waals surface area contributed by atoms with Gasteiger partial charge in [0.25, 0.3) is 0 Å². The average Bonchev–Trinajstić information content (AvgIpc) is 1.82. The third kappa shape index (κ3) is 30.8. The van der Waals surface area contributed by atoms with Gasteiger partial charge in [-0.2, -0.15) is 0 Å². The summed E-state index contributed by atoms with van der Waals surface area (Å²) >= 11 is -0.291. The van der Waals surface area contributed by atoms with Crippen LogP contribution in [0.5, 0.6) is 0 Å². The molecule has 0 aromatic heterocycles. The first kappa shape index (κ1) is 15.3. The molecule has 0 nitrogen and oxygen atoms in total. The monoisotopic (exact) mass is 532 g/mol. The van der Waals surface area contributed by atoms with Crippen molar-refractivity contribution in [3.63, 3.8) is 0 Å². The summed E-state index contributed by atoms with van der Waals surface area (Å²) in [5.41, 5.74) is 0. The van der Waals surface area contributed by atoms with Gasteiger partial charge >= 0.3 is 95.9 Å². The summed E-state index contributed by atoms with van der Waals surface area (Å²) in [6.07, 6.45) is 0. The molecule has 0 heterocycles. The Morgan fingerprint density at radius 1 is 1.00 bits per heavy atom. The summed E-state index contributed by atoms with van der Waals surface area (Å²) in [6, 6.07) is 0. The van der Waals surface area contributed by atoms with Crippen molar-refractivity contribution in [3.8, 4) is 0 Å². The molecule has 10 heavy (non-hydrogen) atoms. The molecule has 0 aromatic carbocycles. The predicted molar refractivity (Wildman–Crippen MR) is 56.2 cm³/mol. The van der Waals surface area contributed by atoms with Crippen molar-refractivity contribution >= 4 is 73.6 Å². The van der Waals surface area contributed by atoms with Crippen LogP contribution in [-0.2, 0) is 0 Å². The molecule has 0 atom stereocenters. The fourth-order valence-electron chi connectivity index (χ4n) is 0.167. The van der Waals surface area contributed by atoms with Crippen LogP contribution >= 0.6 is 25.5 Å². The van der Waals surface area contributed by atoms with E-state index in [0.717, 1.165) is 29.9 Å². The van der Waals surface area contributed by atoms with Gasteiger partial charge in [-0.3, -0.25) is 0 Å². The Bertz CT molecular complexity index is 49.0. The van der Waals surface area contributed by atoms with Crippen molar-refractivity contribution in [1.29, 1.82) is 0 Å². The van der Waals surface area contributed by atoms with Crippen molar-refractivity contribution in [1.82, 2.24) is 0 Å². The molecule has 0 aliphatic rings. The van der Waals surface area contributed by atoms with Gasteiger partial charge in [0.2, 0.25) is 0 Å². The summed E-state index contributed by atoms with van der Waals surface area (Å²) in [4.78, 5) is 0. The molecular weight excluding hydrogens is 521 g/mol. The first-order chi connectivity index (χ1) is 4.65. The van der Waals surface area contributed by atoms with Gasteiger partial charge in [0.05, 0.1) is 0 Å². The molecule has 0 radical (unpaired) electrons. The number of rotatable bonds is 3. The Labute approximate surface area is 94.4 Å². The zero-order valence-corrected chi connectivity index (χ0v) is 15.0. The Balaban J connectivity index is 0. The van der Waals surface area contributed by atoms with Gasteiger partial charge in [0.1, 0.15) is 0 Å². The van der Waals surface area contributed by atoms with Gasteiger partial charge in [-0.05, 0) is 0 Å². The molecule has 0 aliphatic heterocycles. The van der Waals surface area contributed by atoms with Crippen LogP contribution in [0.25, 0.3) is 0 Å². The first-order valence-corrected chi connectivity index (χ1v) is 21.1. The second kappa shape index (κ2) is 14.3. The standard InChI is InChI=1S/C4H10Se2.Bi.3ClH/c1-5-3-4-6-2;;;;/h3-4H2,1-2H3;;3*1H/q;+3;;;/p-3. The van der Waals surface area contributed by atoms with Gasteiger partial charge in [-0.1, -0.05) is 0 Å². The first-order valence-electron chi connectivity index (χ1n) is 2.40. The second-order valence-electron chi connectivity index (χ2n) is 1.18. The normalized spacial score (nSPS) is 9.00. The Morgan fingerprint density at radius 2 is 1.20 bits per heavy atom. The van der Waals surface area contributed by atoms with E-state index in [-0.39, 0.29) is 0 Å². The molecule has 0 amide bonds. The van der Waals surface area contributed by atoms with E-state index in [4.69, 9.17) is 25.5 Å². The second-order valence-corrected chi connectivity index (χ2v) is 20.3. The van der Waals surface area contributed by atoms with E-state index in [1.165, 1.54) is 10.6 Å². The van der Waals surface area contributed by atoms with E-state index in [1.54, 1.807) is 0 Å². The zero-order valence-electron chi connectivity index (χ0n) is 5.81. The van der Waals surface area contributed by atoms with Crippen LogP contribution in [0.2, 0.25) is 22.3 Å². The number of halogens is 3. The number of hydrogen-bond acceptors (Lipinski definition) is 0. The van der Waals surface area contributed by atoms with Gasteiger partial charge in [0, 0.05) is 0 Å². The van der Waals surface area contributed by atoms with Crippen molar-refractivity contribution in [2.45, 2.75) is 22.3 Å². The maximum absolute atomic E-state index is 5.01. The van der Waals surface area contributed by atoms with E-state index in [1.807, 2.05) is 0 Å². The van der Waals surface area contributed by atoms with Crippen LogP contribution in [0, 0.1) is 0 Å². The summed E-state index contributed by atoms with van der Waals surface area (Å²) < 4.78 is 0. The molecule has 0 saturated carbocycles. The molecule has 6 heteroatoms. The summed E-state index contributed by atoms with van der Waals surface area (Å²) in [6.45, 7) is 0. The van der Waals surface area contributed by atoms with Crippen LogP contribution in [0.4, 0.5) is 0 Å². The number of hydrogen-bond donors (Lipinski definition) is 0. The molecular formula is C4H10BiCl3Se2. The summed E-state index contributed by atoms with van der Waals surface area (Å²) in [5.74, 6) is 4.61. The summed E-state index contributed by atoms with van der Waals surface area (Å²) in [5, 5.41) is 3.01. The SMILES string of the molecule is C[Se]CC[Se]C.[Cl][Bi]([Cl])[Cl]. The van der Waals surface area contributed by atoms with E-state index < -0.39 is 18.2 Å². The van der Waals surface area contributed by atoms with Gasteiger partial charge in [-0.15, -0.1) is 0 Å². The van der Waals surface area contributed by atoms with Crippen molar-refractivity contribution < 1.29 is 0 Å². The van der Waals surface area contributed by atoms with Gasteiger partial charge in [-0.25, -0.2) is 0 Å². The van der Waals surface area contributed by atoms with Gasteiger partial charge < -0.3 is 0 Å². The topological polar surface area (TPSA) is 0 Å². The molecule has 0 fully saturated rings. The molecule has 64 valence electrons. The fourth-order valence-corrected chi connectivity index (χ4v) is 4.50. The zero-order chi connectivity index (χ0) is 8.41. The molecule has 0 saturated heterocycles. The summed E-state index contributed by atoms with van der Waals surface area (Å²) in [7, 11) is 15.0. The molecule has 0 unspecified atom stereocenters. The molecule has 0 rings (SSSR count).